The van der Waals surface area contributed by atoms with Crippen molar-refractivity contribution < 1.29 is 14.3 Å². The van der Waals surface area contributed by atoms with E-state index in [1.165, 1.54) is 16.9 Å². The maximum atomic E-state index is 12.7. The highest BCUT2D eigenvalue weighted by Crippen LogP contribution is 2.29. The Hall–Kier alpha value is -3.26. The summed E-state index contributed by atoms with van der Waals surface area (Å²) < 4.78 is 5.23. The fraction of sp³-hybridized carbons (Fsp3) is 0.304. The molecule has 8 heteroatoms. The zero-order valence-corrected chi connectivity index (χ0v) is 18.3. The summed E-state index contributed by atoms with van der Waals surface area (Å²) in [5.74, 6) is 0.251. The standard InChI is InChI=1S/C23H24N4O3S/c1-15(16-7-4-3-5-8-16)11-20-25-26-23(31-20)24-22(29)17-12-21(28)27(14-17)18-9-6-10-19(13-18)30-2/h3-10,13,15,17H,11-12,14H2,1-2H3,(H,24,26,29)/t15-,17-/m1/s1. The van der Waals surface area contributed by atoms with Gasteiger partial charge in [0.15, 0.2) is 0 Å². The average molecular weight is 437 g/mol. The fourth-order valence-corrected chi connectivity index (χ4v) is 4.54. The first-order valence-electron chi connectivity index (χ1n) is 10.2. The minimum absolute atomic E-state index is 0.0805. The summed E-state index contributed by atoms with van der Waals surface area (Å²) in [5.41, 5.74) is 1.97. The van der Waals surface area contributed by atoms with Crippen molar-refractivity contribution >= 4 is 34.0 Å². The van der Waals surface area contributed by atoms with Gasteiger partial charge in [0, 0.05) is 31.1 Å². The van der Waals surface area contributed by atoms with Crippen molar-refractivity contribution in [2.24, 2.45) is 5.92 Å². The van der Waals surface area contributed by atoms with Crippen molar-refractivity contribution in [3.8, 4) is 5.75 Å². The van der Waals surface area contributed by atoms with Gasteiger partial charge in [0.05, 0.1) is 13.0 Å². The van der Waals surface area contributed by atoms with E-state index in [1.54, 1.807) is 18.1 Å². The number of rotatable bonds is 7. The number of nitrogens with one attached hydrogen (secondary N) is 1. The normalized spacial score (nSPS) is 16.9. The molecule has 1 saturated heterocycles. The van der Waals surface area contributed by atoms with E-state index in [2.05, 4.69) is 34.6 Å². The molecule has 160 valence electrons. The first-order valence-corrected chi connectivity index (χ1v) is 11.0. The van der Waals surface area contributed by atoms with E-state index in [9.17, 15) is 9.59 Å². The highest BCUT2D eigenvalue weighted by molar-refractivity contribution is 7.15. The Balaban J connectivity index is 1.36. The molecule has 2 amide bonds. The minimum Gasteiger partial charge on any atom is -0.497 e. The molecule has 0 aliphatic carbocycles. The number of carbonyl (C=O) groups excluding carboxylic acids is 2. The van der Waals surface area contributed by atoms with Gasteiger partial charge < -0.3 is 15.0 Å². The first-order chi connectivity index (χ1) is 15.0. The second-order valence-corrected chi connectivity index (χ2v) is 8.68. The Morgan fingerprint density at radius 1 is 1.23 bits per heavy atom. The molecule has 1 N–H and O–H groups in total. The number of methoxy groups -OCH3 is 1. The highest BCUT2D eigenvalue weighted by Gasteiger charge is 2.35. The molecule has 0 radical (unpaired) electrons. The molecule has 1 aromatic heterocycles. The molecule has 7 nitrogen and oxygen atoms in total. The maximum absolute atomic E-state index is 12.7. The molecule has 2 atom stereocenters. The predicted molar refractivity (Wildman–Crippen MR) is 121 cm³/mol. The Bertz CT molecular complexity index is 1070. The van der Waals surface area contributed by atoms with Gasteiger partial charge in [-0.3, -0.25) is 9.59 Å². The van der Waals surface area contributed by atoms with E-state index in [0.717, 1.165) is 17.1 Å². The van der Waals surface area contributed by atoms with Crippen LogP contribution >= 0.6 is 11.3 Å². The van der Waals surface area contributed by atoms with Crippen LogP contribution in [0, 0.1) is 5.92 Å². The lowest BCUT2D eigenvalue weighted by Gasteiger charge is -2.17. The number of hydrogen-bond donors (Lipinski definition) is 1. The van der Waals surface area contributed by atoms with Gasteiger partial charge in [-0.2, -0.15) is 0 Å². The third-order valence-electron chi connectivity index (χ3n) is 5.41. The summed E-state index contributed by atoms with van der Waals surface area (Å²) in [6, 6.07) is 17.5. The van der Waals surface area contributed by atoms with Crippen molar-refractivity contribution in [2.45, 2.75) is 25.7 Å². The van der Waals surface area contributed by atoms with Gasteiger partial charge in [0.25, 0.3) is 0 Å². The van der Waals surface area contributed by atoms with Crippen molar-refractivity contribution in [2.75, 3.05) is 23.9 Å². The largest absolute Gasteiger partial charge is 0.497 e. The van der Waals surface area contributed by atoms with Crippen LogP contribution in [0.15, 0.2) is 54.6 Å². The summed E-state index contributed by atoms with van der Waals surface area (Å²) in [6.07, 6.45) is 0.919. The number of nitrogens with zero attached hydrogens (tertiary/aromatic N) is 3. The van der Waals surface area contributed by atoms with Crippen LogP contribution in [0.25, 0.3) is 0 Å². The molecule has 1 fully saturated rings. The molecule has 1 aliphatic rings. The van der Waals surface area contributed by atoms with Gasteiger partial charge >= 0.3 is 0 Å². The zero-order chi connectivity index (χ0) is 21.8. The number of ether oxygens (including phenoxy) is 1. The van der Waals surface area contributed by atoms with E-state index in [-0.39, 0.29) is 18.2 Å². The molecule has 4 rings (SSSR count). The molecule has 0 bridgehead atoms. The van der Waals surface area contributed by atoms with E-state index in [4.69, 9.17) is 4.74 Å². The van der Waals surface area contributed by atoms with Crippen LogP contribution in [0.5, 0.6) is 5.75 Å². The predicted octanol–water partition coefficient (Wildman–Crippen LogP) is 3.88. The van der Waals surface area contributed by atoms with Gasteiger partial charge in [-0.15, -0.1) is 10.2 Å². The monoisotopic (exact) mass is 436 g/mol. The Labute approximate surface area is 185 Å². The van der Waals surface area contributed by atoms with Crippen LogP contribution in [0.4, 0.5) is 10.8 Å². The number of aromatic nitrogens is 2. The second kappa shape index (κ2) is 9.26. The highest BCUT2D eigenvalue weighted by atomic mass is 32.1. The quantitative estimate of drug-likeness (QED) is 0.608. The Morgan fingerprint density at radius 2 is 2.03 bits per heavy atom. The Morgan fingerprint density at radius 3 is 2.81 bits per heavy atom. The van der Waals surface area contributed by atoms with Crippen molar-refractivity contribution in [1.82, 2.24) is 10.2 Å². The lowest BCUT2D eigenvalue weighted by Crippen LogP contribution is -2.28. The van der Waals surface area contributed by atoms with Crippen molar-refractivity contribution in [3.05, 3.63) is 65.2 Å². The molecule has 3 aromatic rings. The molecular formula is C23H24N4O3S. The lowest BCUT2D eigenvalue weighted by molar-refractivity contribution is -0.122. The molecular weight excluding hydrogens is 412 g/mol. The molecule has 1 aliphatic heterocycles. The van der Waals surface area contributed by atoms with Crippen LogP contribution in [0.1, 0.15) is 29.8 Å². The summed E-state index contributed by atoms with van der Waals surface area (Å²) in [4.78, 5) is 26.8. The second-order valence-electron chi connectivity index (χ2n) is 7.61. The molecule has 0 saturated carbocycles. The van der Waals surface area contributed by atoms with E-state index < -0.39 is 5.92 Å². The number of carbonyl (C=O) groups is 2. The summed E-state index contributed by atoms with van der Waals surface area (Å²) in [6.45, 7) is 2.47. The SMILES string of the molecule is COc1cccc(N2C[C@H](C(=O)Nc3nnc(C[C@@H](C)c4ccccc4)s3)CC2=O)c1. The number of hydrogen-bond acceptors (Lipinski definition) is 6. The van der Waals surface area contributed by atoms with E-state index in [1.807, 2.05) is 36.4 Å². The molecule has 0 unspecified atom stereocenters. The Kier molecular flexibility index (Phi) is 6.27. The number of benzene rings is 2. The first kappa shape index (κ1) is 21.0. The van der Waals surface area contributed by atoms with Crippen molar-refractivity contribution in [1.29, 1.82) is 0 Å². The average Bonchev–Trinajstić information content (AvgIpc) is 3.40. The van der Waals surface area contributed by atoms with Gasteiger partial charge in [0.2, 0.25) is 16.9 Å². The van der Waals surface area contributed by atoms with Crippen molar-refractivity contribution in [3.63, 3.8) is 0 Å². The summed E-state index contributed by atoms with van der Waals surface area (Å²) >= 11 is 1.38. The molecule has 31 heavy (non-hydrogen) atoms. The number of amides is 2. The topological polar surface area (TPSA) is 84.4 Å². The van der Waals surface area contributed by atoms with Gasteiger partial charge in [0.1, 0.15) is 10.8 Å². The van der Waals surface area contributed by atoms with Crippen LogP contribution < -0.4 is 15.0 Å². The van der Waals surface area contributed by atoms with Crippen LogP contribution in [-0.4, -0.2) is 35.7 Å². The zero-order valence-electron chi connectivity index (χ0n) is 17.4. The smallest absolute Gasteiger partial charge is 0.231 e. The van der Waals surface area contributed by atoms with E-state index in [0.29, 0.717) is 23.3 Å². The molecule has 0 spiro atoms. The number of anilines is 2. The van der Waals surface area contributed by atoms with E-state index >= 15 is 0 Å². The fourth-order valence-electron chi connectivity index (χ4n) is 3.67. The minimum atomic E-state index is -0.436. The third kappa shape index (κ3) is 4.91. The van der Waals surface area contributed by atoms with Crippen LogP contribution in [0.3, 0.4) is 0 Å². The third-order valence-corrected chi connectivity index (χ3v) is 6.27. The van der Waals surface area contributed by atoms with Gasteiger partial charge in [-0.05, 0) is 23.6 Å². The summed E-state index contributed by atoms with van der Waals surface area (Å²) in [7, 11) is 1.58. The maximum Gasteiger partial charge on any atom is 0.231 e. The van der Waals surface area contributed by atoms with Gasteiger partial charge in [-0.25, -0.2) is 0 Å². The van der Waals surface area contributed by atoms with Crippen LogP contribution in [0.2, 0.25) is 0 Å². The molecule has 2 aromatic carbocycles. The molecule has 2 heterocycles. The lowest BCUT2D eigenvalue weighted by atomic mass is 9.98. The van der Waals surface area contributed by atoms with Crippen LogP contribution in [-0.2, 0) is 16.0 Å². The van der Waals surface area contributed by atoms with Gasteiger partial charge in [-0.1, -0.05) is 54.7 Å². The summed E-state index contributed by atoms with van der Waals surface area (Å²) in [5, 5.41) is 12.5.